The molecular formula is C22H21N5O. The van der Waals surface area contributed by atoms with Crippen molar-refractivity contribution >= 4 is 22.6 Å². The van der Waals surface area contributed by atoms with Gasteiger partial charge in [0.15, 0.2) is 5.65 Å². The normalized spacial score (nSPS) is 11.1. The maximum absolute atomic E-state index is 13.1. The molecule has 4 aromatic rings. The Morgan fingerprint density at radius 2 is 1.89 bits per heavy atom. The van der Waals surface area contributed by atoms with Crippen LogP contribution in [0.4, 0.5) is 5.69 Å². The largest absolute Gasteiger partial charge is 0.322 e. The molecule has 3 aromatic heterocycles. The summed E-state index contributed by atoms with van der Waals surface area (Å²) in [7, 11) is 0. The topological polar surface area (TPSA) is 72.7 Å². The van der Waals surface area contributed by atoms with E-state index < -0.39 is 0 Å². The van der Waals surface area contributed by atoms with Crippen LogP contribution in [0.5, 0.6) is 0 Å². The zero-order chi connectivity index (χ0) is 19.7. The number of hydrogen-bond donors (Lipinski definition) is 1. The van der Waals surface area contributed by atoms with Crippen LogP contribution in [0.3, 0.4) is 0 Å². The third-order valence-corrected chi connectivity index (χ3v) is 4.52. The molecule has 0 radical (unpaired) electrons. The SMILES string of the molecule is Cc1cc(NC(=O)c2cc(-c3ccccc3)nc3c2cnn3C(C)C)ccn1. The second kappa shape index (κ2) is 7.23. The van der Waals surface area contributed by atoms with Gasteiger partial charge in [0.1, 0.15) is 0 Å². The Morgan fingerprint density at radius 3 is 2.61 bits per heavy atom. The van der Waals surface area contributed by atoms with E-state index in [0.29, 0.717) is 16.9 Å². The second-order valence-electron chi connectivity index (χ2n) is 6.98. The number of fused-ring (bicyclic) bond motifs is 1. The maximum atomic E-state index is 13.1. The summed E-state index contributed by atoms with van der Waals surface area (Å²) in [5.41, 5.74) is 4.49. The molecule has 0 aliphatic carbocycles. The van der Waals surface area contributed by atoms with Crippen LogP contribution < -0.4 is 5.32 Å². The number of carbonyl (C=O) groups is 1. The molecular weight excluding hydrogens is 350 g/mol. The lowest BCUT2D eigenvalue weighted by molar-refractivity contribution is 0.102. The van der Waals surface area contributed by atoms with Crippen molar-refractivity contribution in [2.24, 2.45) is 0 Å². The zero-order valence-electron chi connectivity index (χ0n) is 16.0. The Balaban J connectivity index is 1.85. The van der Waals surface area contributed by atoms with Crippen molar-refractivity contribution in [3.05, 3.63) is 72.2 Å². The fourth-order valence-electron chi connectivity index (χ4n) is 3.16. The minimum atomic E-state index is -0.196. The van der Waals surface area contributed by atoms with Gasteiger partial charge in [-0.3, -0.25) is 9.78 Å². The number of pyridine rings is 2. The molecule has 6 nitrogen and oxygen atoms in total. The van der Waals surface area contributed by atoms with Crippen molar-refractivity contribution < 1.29 is 4.79 Å². The highest BCUT2D eigenvalue weighted by Crippen LogP contribution is 2.27. The number of aryl methyl sites for hydroxylation is 1. The predicted octanol–water partition coefficient (Wildman–Crippen LogP) is 4.63. The van der Waals surface area contributed by atoms with Crippen LogP contribution >= 0.6 is 0 Å². The molecule has 0 aliphatic rings. The van der Waals surface area contributed by atoms with Gasteiger partial charge < -0.3 is 5.32 Å². The fourth-order valence-corrected chi connectivity index (χ4v) is 3.16. The molecule has 6 heteroatoms. The number of anilines is 1. The van der Waals surface area contributed by atoms with Crippen molar-refractivity contribution in [1.29, 1.82) is 0 Å². The molecule has 4 rings (SSSR count). The molecule has 0 spiro atoms. The van der Waals surface area contributed by atoms with Gasteiger partial charge in [0.2, 0.25) is 0 Å². The average Bonchev–Trinajstić information content (AvgIpc) is 3.12. The summed E-state index contributed by atoms with van der Waals surface area (Å²) in [6.07, 6.45) is 3.39. The van der Waals surface area contributed by atoms with Gasteiger partial charge in [0, 0.05) is 29.2 Å². The van der Waals surface area contributed by atoms with Gasteiger partial charge in [-0.2, -0.15) is 5.10 Å². The number of aromatic nitrogens is 4. The minimum Gasteiger partial charge on any atom is -0.322 e. The van der Waals surface area contributed by atoms with E-state index in [9.17, 15) is 4.79 Å². The van der Waals surface area contributed by atoms with Crippen molar-refractivity contribution in [2.75, 3.05) is 5.32 Å². The van der Waals surface area contributed by atoms with Crippen LogP contribution in [-0.2, 0) is 0 Å². The summed E-state index contributed by atoms with van der Waals surface area (Å²) in [6, 6.07) is 15.4. The minimum absolute atomic E-state index is 0.134. The van der Waals surface area contributed by atoms with E-state index in [0.717, 1.165) is 22.3 Å². The summed E-state index contributed by atoms with van der Waals surface area (Å²) in [5, 5.41) is 8.16. The third kappa shape index (κ3) is 3.36. The molecule has 0 saturated carbocycles. The number of rotatable bonds is 4. The predicted molar refractivity (Wildman–Crippen MR) is 110 cm³/mol. The average molecular weight is 371 g/mol. The van der Waals surface area contributed by atoms with Crippen LogP contribution in [0.25, 0.3) is 22.3 Å². The quantitative estimate of drug-likeness (QED) is 0.567. The number of nitrogens with one attached hydrogen (secondary N) is 1. The van der Waals surface area contributed by atoms with Gasteiger partial charge in [0.25, 0.3) is 5.91 Å². The molecule has 3 heterocycles. The van der Waals surface area contributed by atoms with E-state index in [2.05, 4.69) is 15.4 Å². The molecule has 0 saturated heterocycles. The Hall–Kier alpha value is -3.54. The number of carbonyl (C=O) groups excluding carboxylic acids is 1. The van der Waals surface area contributed by atoms with Crippen LogP contribution in [0, 0.1) is 6.92 Å². The first kappa shape index (κ1) is 17.9. The van der Waals surface area contributed by atoms with Crippen molar-refractivity contribution in [3.8, 4) is 11.3 Å². The summed E-state index contributed by atoms with van der Waals surface area (Å²) in [4.78, 5) is 22.1. The molecule has 1 amide bonds. The summed E-state index contributed by atoms with van der Waals surface area (Å²) in [6.45, 7) is 5.98. The lowest BCUT2D eigenvalue weighted by Gasteiger charge is -2.11. The first-order chi connectivity index (χ1) is 13.5. The van der Waals surface area contributed by atoms with E-state index in [1.165, 1.54) is 0 Å². The highest BCUT2D eigenvalue weighted by atomic mass is 16.1. The van der Waals surface area contributed by atoms with E-state index >= 15 is 0 Å². The van der Waals surface area contributed by atoms with Crippen molar-refractivity contribution in [3.63, 3.8) is 0 Å². The molecule has 0 fully saturated rings. The van der Waals surface area contributed by atoms with E-state index in [4.69, 9.17) is 4.98 Å². The Morgan fingerprint density at radius 1 is 1.11 bits per heavy atom. The summed E-state index contributed by atoms with van der Waals surface area (Å²) < 4.78 is 1.84. The molecule has 1 aromatic carbocycles. The van der Waals surface area contributed by atoms with Gasteiger partial charge in [-0.15, -0.1) is 0 Å². The van der Waals surface area contributed by atoms with Crippen LogP contribution in [0.2, 0.25) is 0 Å². The fraction of sp³-hybridized carbons (Fsp3) is 0.182. The van der Waals surface area contributed by atoms with Gasteiger partial charge in [-0.25, -0.2) is 9.67 Å². The van der Waals surface area contributed by atoms with E-state index in [1.807, 2.05) is 67.9 Å². The first-order valence-electron chi connectivity index (χ1n) is 9.20. The number of benzene rings is 1. The van der Waals surface area contributed by atoms with E-state index in [-0.39, 0.29) is 11.9 Å². The van der Waals surface area contributed by atoms with Crippen LogP contribution in [0.15, 0.2) is 60.9 Å². The molecule has 140 valence electrons. The van der Waals surface area contributed by atoms with E-state index in [1.54, 1.807) is 18.5 Å². The second-order valence-corrected chi connectivity index (χ2v) is 6.98. The molecule has 28 heavy (non-hydrogen) atoms. The maximum Gasteiger partial charge on any atom is 0.256 e. The number of hydrogen-bond acceptors (Lipinski definition) is 4. The highest BCUT2D eigenvalue weighted by molar-refractivity contribution is 6.12. The number of amides is 1. The molecule has 1 N–H and O–H groups in total. The van der Waals surface area contributed by atoms with Crippen molar-refractivity contribution in [1.82, 2.24) is 19.7 Å². The van der Waals surface area contributed by atoms with Gasteiger partial charge in [-0.1, -0.05) is 30.3 Å². The molecule has 0 atom stereocenters. The summed E-state index contributed by atoms with van der Waals surface area (Å²) >= 11 is 0. The van der Waals surface area contributed by atoms with Gasteiger partial charge in [0.05, 0.1) is 22.8 Å². The highest BCUT2D eigenvalue weighted by Gasteiger charge is 2.18. The third-order valence-electron chi connectivity index (χ3n) is 4.52. The smallest absolute Gasteiger partial charge is 0.256 e. The first-order valence-corrected chi connectivity index (χ1v) is 9.20. The zero-order valence-corrected chi connectivity index (χ0v) is 16.0. The monoisotopic (exact) mass is 371 g/mol. The summed E-state index contributed by atoms with van der Waals surface area (Å²) in [5.74, 6) is -0.196. The van der Waals surface area contributed by atoms with Crippen LogP contribution in [0.1, 0.15) is 35.9 Å². The Labute approximate surface area is 163 Å². The molecule has 0 unspecified atom stereocenters. The lowest BCUT2D eigenvalue weighted by Crippen LogP contribution is -2.13. The van der Waals surface area contributed by atoms with Crippen LogP contribution in [-0.4, -0.2) is 25.7 Å². The van der Waals surface area contributed by atoms with Gasteiger partial charge in [-0.05, 0) is 39.0 Å². The standard InChI is InChI=1S/C22H21N5O/c1-14(2)27-21-19(13-24-27)18(12-20(26-21)16-7-5-4-6-8-16)22(28)25-17-9-10-23-15(3)11-17/h4-14H,1-3H3,(H,23,25,28). The van der Waals surface area contributed by atoms with Crippen molar-refractivity contribution in [2.45, 2.75) is 26.8 Å². The van der Waals surface area contributed by atoms with Gasteiger partial charge >= 0.3 is 0 Å². The Bertz CT molecular complexity index is 1150. The Kier molecular flexibility index (Phi) is 4.61. The molecule has 0 bridgehead atoms. The number of nitrogens with zero attached hydrogens (tertiary/aromatic N) is 4. The lowest BCUT2D eigenvalue weighted by atomic mass is 10.1. The molecule has 0 aliphatic heterocycles.